The molecule has 2 aliphatic heterocycles. The zero-order valence-corrected chi connectivity index (χ0v) is 8.73. The third-order valence-corrected chi connectivity index (χ3v) is 3.89. The normalized spacial score (nSPS) is 25.9. The number of β-lactam (4-membered cyclic amide) rings is 1. The standard InChI is InChI=1S/C8H8ClNO3S/c9-2-4-3-14-6-1-5(11)10(6)7(4)8(12)13/h6H,1-3H2,(H,12,13)/p-1. The maximum Gasteiger partial charge on any atom is 0.230 e. The molecule has 0 aromatic carbocycles. The lowest BCUT2D eigenvalue weighted by molar-refractivity contribution is -0.301. The highest BCUT2D eigenvalue weighted by atomic mass is 35.5. The maximum absolute atomic E-state index is 11.2. The molecule has 1 unspecified atom stereocenters. The molecule has 2 heterocycles. The summed E-state index contributed by atoms with van der Waals surface area (Å²) in [7, 11) is 0. The first kappa shape index (κ1) is 9.86. The van der Waals surface area contributed by atoms with Crippen molar-refractivity contribution in [2.45, 2.75) is 11.8 Å². The Labute approximate surface area is 89.9 Å². The number of carboxylic acids is 1. The van der Waals surface area contributed by atoms with E-state index in [9.17, 15) is 14.7 Å². The van der Waals surface area contributed by atoms with Gasteiger partial charge in [-0.25, -0.2) is 0 Å². The number of fused-ring (bicyclic) bond motifs is 1. The predicted molar refractivity (Wildman–Crippen MR) is 50.5 cm³/mol. The van der Waals surface area contributed by atoms with Crippen LogP contribution in [0.5, 0.6) is 0 Å². The highest BCUT2D eigenvalue weighted by Crippen LogP contribution is 2.39. The smallest absolute Gasteiger partial charge is 0.230 e. The molecule has 0 saturated carbocycles. The number of aliphatic carboxylic acids is 1. The van der Waals surface area contributed by atoms with Crippen LogP contribution in [0.2, 0.25) is 0 Å². The Hall–Kier alpha value is -0.680. The van der Waals surface area contributed by atoms with Crippen molar-refractivity contribution in [3.8, 4) is 0 Å². The minimum Gasteiger partial charge on any atom is -0.543 e. The number of hydrogen-bond acceptors (Lipinski definition) is 4. The SMILES string of the molecule is O=C([O-])C1=C(CCl)CSC2CC(=O)N12. The van der Waals surface area contributed by atoms with Gasteiger partial charge < -0.3 is 9.90 Å². The van der Waals surface area contributed by atoms with Crippen LogP contribution in [0.3, 0.4) is 0 Å². The molecule has 4 nitrogen and oxygen atoms in total. The van der Waals surface area contributed by atoms with Crippen LogP contribution >= 0.6 is 23.4 Å². The first-order valence-electron chi connectivity index (χ1n) is 4.08. The molecule has 0 spiro atoms. The molecule has 6 heteroatoms. The van der Waals surface area contributed by atoms with Gasteiger partial charge in [-0.1, -0.05) is 0 Å². The number of amides is 1. The van der Waals surface area contributed by atoms with Crippen LogP contribution in [-0.4, -0.2) is 33.8 Å². The molecule has 1 atom stereocenters. The maximum atomic E-state index is 11.2. The van der Waals surface area contributed by atoms with Gasteiger partial charge in [0.25, 0.3) is 0 Å². The van der Waals surface area contributed by atoms with Gasteiger partial charge >= 0.3 is 0 Å². The monoisotopic (exact) mass is 232 g/mol. The fourth-order valence-electron chi connectivity index (χ4n) is 1.57. The number of rotatable bonds is 2. The number of nitrogens with zero attached hydrogens (tertiary/aromatic N) is 1. The molecular weight excluding hydrogens is 226 g/mol. The summed E-state index contributed by atoms with van der Waals surface area (Å²) in [6, 6.07) is 0. The molecule has 2 aliphatic rings. The lowest BCUT2D eigenvalue weighted by atomic mass is 10.1. The van der Waals surface area contributed by atoms with Crippen molar-refractivity contribution in [1.82, 2.24) is 4.90 Å². The largest absolute Gasteiger partial charge is 0.543 e. The molecule has 0 aromatic rings. The molecule has 76 valence electrons. The van der Waals surface area contributed by atoms with E-state index in [-0.39, 0.29) is 22.9 Å². The fourth-order valence-corrected chi connectivity index (χ4v) is 3.17. The lowest BCUT2D eigenvalue weighted by Crippen LogP contribution is -2.55. The Bertz CT molecular complexity index is 341. The van der Waals surface area contributed by atoms with E-state index < -0.39 is 5.97 Å². The minimum absolute atomic E-state index is 0.0139. The second-order valence-electron chi connectivity index (χ2n) is 3.11. The number of hydrogen-bond donors (Lipinski definition) is 0. The number of carbonyl (C=O) groups excluding carboxylic acids is 2. The van der Waals surface area contributed by atoms with E-state index in [1.165, 1.54) is 4.90 Å². The van der Waals surface area contributed by atoms with Crippen LogP contribution in [0.15, 0.2) is 11.3 Å². The van der Waals surface area contributed by atoms with E-state index in [4.69, 9.17) is 11.6 Å². The first-order valence-corrected chi connectivity index (χ1v) is 5.66. The van der Waals surface area contributed by atoms with Crippen molar-refractivity contribution in [3.63, 3.8) is 0 Å². The molecule has 1 amide bonds. The molecule has 0 aromatic heterocycles. The molecule has 0 aliphatic carbocycles. The lowest BCUT2D eigenvalue weighted by Gasteiger charge is -2.45. The van der Waals surface area contributed by atoms with Crippen LogP contribution in [-0.2, 0) is 9.59 Å². The zero-order valence-electron chi connectivity index (χ0n) is 7.16. The van der Waals surface area contributed by atoms with E-state index in [0.29, 0.717) is 17.7 Å². The number of carbonyl (C=O) groups is 2. The van der Waals surface area contributed by atoms with Gasteiger partial charge in [0.15, 0.2) is 0 Å². The number of halogens is 1. The third-order valence-electron chi connectivity index (χ3n) is 2.29. The van der Waals surface area contributed by atoms with Gasteiger partial charge in [-0.15, -0.1) is 23.4 Å². The van der Waals surface area contributed by atoms with E-state index in [1.807, 2.05) is 0 Å². The number of thioether (sulfide) groups is 1. The third kappa shape index (κ3) is 1.31. The van der Waals surface area contributed by atoms with Crippen molar-refractivity contribution in [2.75, 3.05) is 11.6 Å². The summed E-state index contributed by atoms with van der Waals surface area (Å²) in [6.45, 7) is 0. The van der Waals surface area contributed by atoms with Crippen LogP contribution in [0.1, 0.15) is 6.42 Å². The molecular formula is C8H7ClNO3S-. The molecule has 0 bridgehead atoms. The fraction of sp³-hybridized carbons (Fsp3) is 0.500. The highest BCUT2D eigenvalue weighted by molar-refractivity contribution is 8.00. The molecule has 1 fully saturated rings. The minimum atomic E-state index is -1.31. The van der Waals surface area contributed by atoms with E-state index in [1.54, 1.807) is 11.8 Å². The molecule has 1 saturated heterocycles. The Morgan fingerprint density at radius 3 is 2.93 bits per heavy atom. The Kier molecular flexibility index (Phi) is 2.45. The van der Waals surface area contributed by atoms with Crippen LogP contribution in [0.25, 0.3) is 0 Å². The Balaban J connectivity index is 2.37. The number of carboxylic acid groups (broad SMARTS) is 1. The second-order valence-corrected chi connectivity index (χ2v) is 4.54. The summed E-state index contributed by atoms with van der Waals surface area (Å²) in [6.07, 6.45) is 0.414. The molecule has 2 rings (SSSR count). The summed E-state index contributed by atoms with van der Waals surface area (Å²) in [5, 5.41) is 10.8. The van der Waals surface area contributed by atoms with E-state index >= 15 is 0 Å². The van der Waals surface area contributed by atoms with Crippen molar-refractivity contribution in [2.24, 2.45) is 0 Å². The van der Waals surface area contributed by atoms with Crippen molar-refractivity contribution >= 4 is 35.2 Å². The van der Waals surface area contributed by atoms with Crippen LogP contribution < -0.4 is 5.11 Å². The van der Waals surface area contributed by atoms with Crippen molar-refractivity contribution in [1.29, 1.82) is 0 Å². The topological polar surface area (TPSA) is 60.4 Å². The summed E-state index contributed by atoms with van der Waals surface area (Å²) in [5.41, 5.74) is 0.556. The van der Waals surface area contributed by atoms with Gasteiger partial charge in [0.1, 0.15) is 0 Å². The van der Waals surface area contributed by atoms with Gasteiger partial charge in [-0.2, -0.15) is 0 Å². The Morgan fingerprint density at radius 1 is 1.71 bits per heavy atom. The summed E-state index contributed by atoms with van der Waals surface area (Å²) >= 11 is 7.15. The highest BCUT2D eigenvalue weighted by Gasteiger charge is 2.42. The van der Waals surface area contributed by atoms with Crippen molar-refractivity contribution < 1.29 is 14.7 Å². The second kappa shape index (κ2) is 3.47. The van der Waals surface area contributed by atoms with Crippen molar-refractivity contribution in [3.05, 3.63) is 11.3 Å². The Morgan fingerprint density at radius 2 is 2.43 bits per heavy atom. The first-order chi connectivity index (χ1) is 6.65. The quantitative estimate of drug-likeness (QED) is 0.477. The zero-order chi connectivity index (χ0) is 10.3. The van der Waals surface area contributed by atoms with Crippen LogP contribution in [0, 0.1) is 0 Å². The summed E-state index contributed by atoms with van der Waals surface area (Å²) < 4.78 is 0. The van der Waals surface area contributed by atoms with Gasteiger partial charge in [0.05, 0.1) is 23.5 Å². The average Bonchev–Trinajstić information content (AvgIpc) is 2.15. The average molecular weight is 233 g/mol. The molecule has 14 heavy (non-hydrogen) atoms. The van der Waals surface area contributed by atoms with E-state index in [0.717, 1.165) is 0 Å². The number of alkyl halides is 1. The predicted octanol–water partition coefficient (Wildman–Crippen LogP) is -0.466. The molecule has 0 N–H and O–H groups in total. The molecule has 0 radical (unpaired) electrons. The van der Waals surface area contributed by atoms with E-state index in [2.05, 4.69) is 0 Å². The summed E-state index contributed by atoms with van der Waals surface area (Å²) in [4.78, 5) is 23.3. The van der Waals surface area contributed by atoms with Gasteiger partial charge in [-0.3, -0.25) is 9.69 Å². The van der Waals surface area contributed by atoms with Gasteiger partial charge in [-0.05, 0) is 5.57 Å². The summed E-state index contributed by atoms with van der Waals surface area (Å²) in [5.74, 6) is -0.767. The van der Waals surface area contributed by atoms with Gasteiger partial charge in [0, 0.05) is 11.6 Å². The van der Waals surface area contributed by atoms with Crippen LogP contribution in [0.4, 0.5) is 0 Å². The van der Waals surface area contributed by atoms with Gasteiger partial charge in [0.2, 0.25) is 5.91 Å².